The van der Waals surface area contributed by atoms with Crippen LogP contribution in [0, 0.1) is 0 Å². The lowest BCUT2D eigenvalue weighted by molar-refractivity contribution is 0.0947. The van der Waals surface area contributed by atoms with Gasteiger partial charge in [0.05, 0.1) is 12.7 Å². The van der Waals surface area contributed by atoms with Gasteiger partial charge in [-0.15, -0.1) is 0 Å². The second-order valence-corrected chi connectivity index (χ2v) is 3.70. The van der Waals surface area contributed by atoms with Gasteiger partial charge in [-0.3, -0.25) is 9.59 Å². The largest absolute Gasteiger partial charge is 0.444 e. The maximum atomic E-state index is 11.7. The predicted octanol–water partition coefficient (Wildman–Crippen LogP) is 0.855. The first-order valence-electron chi connectivity index (χ1n) is 5.59. The minimum Gasteiger partial charge on any atom is -0.444 e. The van der Waals surface area contributed by atoms with E-state index in [4.69, 9.17) is 4.42 Å². The SMILES string of the molecule is CCc1cnc(CNC(=O)c2cc[nH]c(=O)c2)o1. The summed E-state index contributed by atoms with van der Waals surface area (Å²) < 4.78 is 5.35. The normalized spacial score (nSPS) is 10.3. The van der Waals surface area contributed by atoms with E-state index in [0.717, 1.165) is 12.2 Å². The highest BCUT2D eigenvalue weighted by Crippen LogP contribution is 2.04. The number of nitrogens with one attached hydrogen (secondary N) is 2. The first kappa shape index (κ1) is 12.1. The second-order valence-electron chi connectivity index (χ2n) is 3.70. The van der Waals surface area contributed by atoms with Crippen LogP contribution in [-0.2, 0) is 13.0 Å². The number of carbonyl (C=O) groups excluding carboxylic acids is 1. The molecule has 0 saturated carbocycles. The number of hydrogen-bond donors (Lipinski definition) is 2. The number of hydrogen-bond acceptors (Lipinski definition) is 4. The molecule has 2 aromatic heterocycles. The van der Waals surface area contributed by atoms with Gasteiger partial charge in [0.15, 0.2) is 0 Å². The topological polar surface area (TPSA) is 88.0 Å². The van der Waals surface area contributed by atoms with Gasteiger partial charge in [-0.25, -0.2) is 4.98 Å². The summed E-state index contributed by atoms with van der Waals surface area (Å²) in [7, 11) is 0. The summed E-state index contributed by atoms with van der Waals surface area (Å²) >= 11 is 0. The minimum atomic E-state index is -0.336. The standard InChI is InChI=1S/C12H13N3O3/c1-2-9-6-14-11(18-9)7-15-12(17)8-3-4-13-10(16)5-8/h3-6H,2,7H2,1H3,(H,13,16)(H,15,17). The molecule has 0 aromatic carbocycles. The van der Waals surface area contributed by atoms with Gasteiger partial charge in [-0.05, 0) is 6.07 Å². The van der Waals surface area contributed by atoms with Crippen LogP contribution < -0.4 is 10.9 Å². The van der Waals surface area contributed by atoms with Gasteiger partial charge in [0.25, 0.3) is 5.91 Å². The zero-order valence-electron chi connectivity index (χ0n) is 9.90. The van der Waals surface area contributed by atoms with Crippen molar-refractivity contribution in [1.29, 1.82) is 0 Å². The number of aromatic amines is 1. The van der Waals surface area contributed by atoms with Crippen molar-refractivity contribution in [3.8, 4) is 0 Å². The molecule has 1 amide bonds. The molecule has 0 aliphatic heterocycles. The van der Waals surface area contributed by atoms with Crippen molar-refractivity contribution >= 4 is 5.91 Å². The Balaban J connectivity index is 1.98. The number of amides is 1. The molecular formula is C12H13N3O3. The zero-order chi connectivity index (χ0) is 13.0. The summed E-state index contributed by atoms with van der Waals surface area (Å²) in [5.41, 5.74) is -0.00642. The van der Waals surface area contributed by atoms with Crippen LogP contribution in [0.4, 0.5) is 0 Å². The third-order valence-electron chi connectivity index (χ3n) is 2.39. The van der Waals surface area contributed by atoms with Crippen LogP contribution in [0.5, 0.6) is 0 Å². The van der Waals surface area contributed by atoms with Crippen molar-refractivity contribution in [2.45, 2.75) is 19.9 Å². The quantitative estimate of drug-likeness (QED) is 0.838. The fourth-order valence-electron chi connectivity index (χ4n) is 1.44. The van der Waals surface area contributed by atoms with E-state index in [-0.39, 0.29) is 18.0 Å². The molecule has 0 saturated heterocycles. The Labute approximate surface area is 103 Å². The van der Waals surface area contributed by atoms with E-state index in [2.05, 4.69) is 15.3 Å². The number of aromatic nitrogens is 2. The Morgan fingerprint density at radius 1 is 1.56 bits per heavy atom. The van der Waals surface area contributed by atoms with Crippen LogP contribution in [0.2, 0.25) is 0 Å². The average Bonchev–Trinajstić information content (AvgIpc) is 2.84. The molecule has 2 N–H and O–H groups in total. The molecule has 0 atom stereocenters. The van der Waals surface area contributed by atoms with Gasteiger partial charge in [0, 0.05) is 24.2 Å². The maximum Gasteiger partial charge on any atom is 0.251 e. The van der Waals surface area contributed by atoms with Gasteiger partial charge in [-0.1, -0.05) is 6.92 Å². The fraction of sp³-hybridized carbons (Fsp3) is 0.250. The Kier molecular flexibility index (Phi) is 3.57. The Bertz CT molecular complexity index is 600. The third-order valence-corrected chi connectivity index (χ3v) is 2.39. The fourth-order valence-corrected chi connectivity index (χ4v) is 1.44. The molecule has 2 rings (SSSR count). The molecule has 6 nitrogen and oxygen atoms in total. The van der Waals surface area contributed by atoms with E-state index in [1.54, 1.807) is 6.20 Å². The van der Waals surface area contributed by atoms with Crippen LogP contribution in [-0.4, -0.2) is 15.9 Å². The summed E-state index contributed by atoms with van der Waals surface area (Å²) in [6.07, 6.45) is 3.82. The number of pyridine rings is 1. The molecular weight excluding hydrogens is 234 g/mol. The van der Waals surface area contributed by atoms with Gasteiger partial charge >= 0.3 is 0 Å². The number of rotatable bonds is 4. The predicted molar refractivity (Wildman–Crippen MR) is 64.1 cm³/mol. The first-order chi connectivity index (χ1) is 8.69. The van der Waals surface area contributed by atoms with Gasteiger partial charge < -0.3 is 14.7 Å². The summed E-state index contributed by atoms with van der Waals surface area (Å²) in [5, 5.41) is 2.63. The van der Waals surface area contributed by atoms with Gasteiger partial charge in [-0.2, -0.15) is 0 Å². The lowest BCUT2D eigenvalue weighted by Crippen LogP contribution is -2.24. The highest BCUT2D eigenvalue weighted by Gasteiger charge is 2.08. The molecule has 0 spiro atoms. The van der Waals surface area contributed by atoms with E-state index in [1.165, 1.54) is 18.3 Å². The molecule has 0 radical (unpaired) electrons. The zero-order valence-corrected chi connectivity index (χ0v) is 9.90. The van der Waals surface area contributed by atoms with E-state index in [0.29, 0.717) is 11.5 Å². The summed E-state index contributed by atoms with van der Waals surface area (Å²) in [6, 6.07) is 2.77. The Morgan fingerprint density at radius 3 is 3.06 bits per heavy atom. The van der Waals surface area contributed by atoms with E-state index >= 15 is 0 Å². The van der Waals surface area contributed by atoms with Crippen molar-refractivity contribution in [3.05, 3.63) is 52.1 Å². The van der Waals surface area contributed by atoms with Gasteiger partial charge in [0.2, 0.25) is 11.4 Å². The van der Waals surface area contributed by atoms with Crippen LogP contribution in [0.3, 0.4) is 0 Å². The Morgan fingerprint density at radius 2 is 2.39 bits per heavy atom. The lowest BCUT2D eigenvalue weighted by atomic mass is 10.2. The summed E-state index contributed by atoms with van der Waals surface area (Å²) in [4.78, 5) is 29.2. The number of oxazole rings is 1. The van der Waals surface area contributed by atoms with Crippen LogP contribution in [0.15, 0.2) is 33.7 Å². The average molecular weight is 247 g/mol. The van der Waals surface area contributed by atoms with E-state index in [9.17, 15) is 9.59 Å². The highest BCUT2D eigenvalue weighted by atomic mass is 16.4. The van der Waals surface area contributed by atoms with Crippen molar-refractivity contribution < 1.29 is 9.21 Å². The maximum absolute atomic E-state index is 11.7. The molecule has 0 fully saturated rings. The van der Waals surface area contributed by atoms with Crippen molar-refractivity contribution in [3.63, 3.8) is 0 Å². The summed E-state index contributed by atoms with van der Waals surface area (Å²) in [6.45, 7) is 2.16. The molecule has 18 heavy (non-hydrogen) atoms. The van der Waals surface area contributed by atoms with Crippen molar-refractivity contribution in [1.82, 2.24) is 15.3 Å². The number of nitrogens with zero attached hydrogens (tertiary/aromatic N) is 1. The second kappa shape index (κ2) is 5.31. The number of aryl methyl sites for hydroxylation is 1. The molecule has 94 valence electrons. The Hall–Kier alpha value is -2.37. The number of carbonyl (C=O) groups is 1. The highest BCUT2D eigenvalue weighted by molar-refractivity contribution is 5.93. The van der Waals surface area contributed by atoms with Crippen molar-refractivity contribution in [2.24, 2.45) is 0 Å². The minimum absolute atomic E-state index is 0.200. The first-order valence-corrected chi connectivity index (χ1v) is 5.59. The van der Waals surface area contributed by atoms with E-state index in [1.807, 2.05) is 6.92 Å². The number of H-pyrrole nitrogens is 1. The molecule has 0 unspecified atom stereocenters. The molecule has 6 heteroatoms. The van der Waals surface area contributed by atoms with Gasteiger partial charge in [0.1, 0.15) is 5.76 Å². The molecule has 0 aliphatic rings. The monoisotopic (exact) mass is 247 g/mol. The van der Waals surface area contributed by atoms with Crippen molar-refractivity contribution in [2.75, 3.05) is 0 Å². The van der Waals surface area contributed by atoms with Crippen LogP contribution >= 0.6 is 0 Å². The smallest absolute Gasteiger partial charge is 0.251 e. The molecule has 2 aromatic rings. The lowest BCUT2D eigenvalue weighted by Gasteiger charge is -2.01. The van der Waals surface area contributed by atoms with Crippen LogP contribution in [0.1, 0.15) is 28.9 Å². The third kappa shape index (κ3) is 2.85. The molecule has 0 bridgehead atoms. The van der Waals surface area contributed by atoms with E-state index < -0.39 is 0 Å². The van der Waals surface area contributed by atoms with Crippen LogP contribution in [0.25, 0.3) is 0 Å². The summed E-state index contributed by atoms with van der Waals surface area (Å²) in [5.74, 6) is 0.887. The molecule has 2 heterocycles. The molecule has 0 aliphatic carbocycles.